The van der Waals surface area contributed by atoms with E-state index in [-0.39, 0.29) is 60.5 Å². The van der Waals surface area contributed by atoms with Crippen molar-refractivity contribution in [3.8, 4) is 5.88 Å². The molecule has 4 aliphatic rings. The lowest BCUT2D eigenvalue weighted by Crippen LogP contribution is -2.49. The molecule has 262 valence electrons. The summed E-state index contributed by atoms with van der Waals surface area (Å²) in [5, 5.41) is 3.01. The molecule has 2 fully saturated rings. The highest BCUT2D eigenvalue weighted by molar-refractivity contribution is 5.92. The standard InChI is InChI=1S/C35H46F3N5O5/c1-34(2,3)20-31(44)42-15-16-47-17-18-48-30-6-4-5-28(40-30)32(45)39-27-19-29(33(46)41-13-11-25(21-42)12-14-41)43(23-27)22-24-7-9-26(10-8-24)35(36,37)38/h4-10,25,27,29H,11-23H2,1-3H3,(H,39,45)/t27-,29-/m0/s1. The van der Waals surface area contributed by atoms with E-state index in [1.165, 1.54) is 12.1 Å². The van der Waals surface area contributed by atoms with Gasteiger partial charge in [0, 0.05) is 57.8 Å². The Morgan fingerprint density at radius 1 is 0.958 bits per heavy atom. The molecule has 3 amide bonds. The Labute approximate surface area is 279 Å². The number of hydrogen-bond donors (Lipinski definition) is 1. The van der Waals surface area contributed by atoms with Gasteiger partial charge in [-0.25, -0.2) is 4.98 Å². The van der Waals surface area contributed by atoms with Crippen LogP contribution in [0.15, 0.2) is 42.5 Å². The van der Waals surface area contributed by atoms with Gasteiger partial charge in [-0.15, -0.1) is 0 Å². The second-order valence-corrected chi connectivity index (χ2v) is 14.2. The van der Waals surface area contributed by atoms with Crippen molar-refractivity contribution in [1.29, 1.82) is 0 Å². The fraction of sp³-hybridized carbons (Fsp3) is 0.600. The summed E-state index contributed by atoms with van der Waals surface area (Å²) < 4.78 is 51.1. The van der Waals surface area contributed by atoms with E-state index < -0.39 is 23.7 Å². The number of alkyl halides is 3. The normalized spacial score (nSPS) is 23.8. The SMILES string of the molecule is CC(C)(C)CC(=O)N1CCOCCOc2cccc(n2)C(=O)N[C@H]2C[C@@H](C(=O)N3CCC(CC3)C1)N(Cc1ccc(C(F)(F)F)cc1)C2. The number of nitrogens with zero attached hydrogens (tertiary/aromatic N) is 4. The average molecular weight is 674 g/mol. The molecule has 4 aliphatic heterocycles. The first-order chi connectivity index (χ1) is 22.7. The molecule has 0 unspecified atom stereocenters. The maximum atomic E-state index is 14.0. The van der Waals surface area contributed by atoms with Crippen LogP contribution in [0.2, 0.25) is 0 Å². The summed E-state index contributed by atoms with van der Waals surface area (Å²) in [6.07, 6.45) is -2.18. The van der Waals surface area contributed by atoms with E-state index in [0.717, 1.165) is 25.0 Å². The van der Waals surface area contributed by atoms with Crippen molar-refractivity contribution in [3.05, 3.63) is 59.3 Å². The lowest BCUT2D eigenvalue weighted by Gasteiger charge is -2.37. The molecule has 0 spiro atoms. The Hall–Kier alpha value is -3.71. The Balaban J connectivity index is 1.35. The van der Waals surface area contributed by atoms with Gasteiger partial charge >= 0.3 is 6.18 Å². The summed E-state index contributed by atoms with van der Waals surface area (Å²) in [6, 6.07) is 8.93. The van der Waals surface area contributed by atoms with Crippen molar-refractivity contribution < 1.29 is 37.0 Å². The first-order valence-electron chi connectivity index (χ1n) is 16.7. The summed E-state index contributed by atoms with van der Waals surface area (Å²) in [7, 11) is 0. The van der Waals surface area contributed by atoms with E-state index in [4.69, 9.17) is 9.47 Å². The Morgan fingerprint density at radius 2 is 1.69 bits per heavy atom. The van der Waals surface area contributed by atoms with E-state index in [1.807, 2.05) is 35.5 Å². The van der Waals surface area contributed by atoms with Gasteiger partial charge in [0.1, 0.15) is 12.3 Å². The van der Waals surface area contributed by atoms with E-state index in [9.17, 15) is 27.6 Å². The van der Waals surface area contributed by atoms with E-state index in [2.05, 4.69) is 10.3 Å². The van der Waals surface area contributed by atoms with Crippen LogP contribution in [0.25, 0.3) is 0 Å². The van der Waals surface area contributed by atoms with Crippen LogP contribution in [0.5, 0.6) is 5.88 Å². The number of amides is 3. The molecule has 1 aromatic carbocycles. The largest absolute Gasteiger partial charge is 0.475 e. The number of carbonyl (C=O) groups excluding carboxylic acids is 3. The van der Waals surface area contributed by atoms with Crippen LogP contribution in [0, 0.1) is 11.3 Å². The van der Waals surface area contributed by atoms with E-state index >= 15 is 0 Å². The molecule has 0 radical (unpaired) electrons. The van der Waals surface area contributed by atoms with Gasteiger partial charge < -0.3 is 24.6 Å². The maximum absolute atomic E-state index is 14.0. The molecule has 10 nitrogen and oxygen atoms in total. The summed E-state index contributed by atoms with van der Waals surface area (Å²) in [6.45, 7) is 9.70. The van der Waals surface area contributed by atoms with Gasteiger partial charge in [-0.05, 0) is 54.4 Å². The molecule has 13 heteroatoms. The Bertz CT molecular complexity index is 1420. The molecule has 6 rings (SSSR count). The smallest absolute Gasteiger partial charge is 0.416 e. The van der Waals surface area contributed by atoms with Crippen molar-refractivity contribution in [3.63, 3.8) is 0 Å². The van der Waals surface area contributed by atoms with Crippen LogP contribution in [0.4, 0.5) is 13.2 Å². The van der Waals surface area contributed by atoms with Gasteiger partial charge in [-0.3, -0.25) is 19.3 Å². The van der Waals surface area contributed by atoms with Crippen LogP contribution in [0.1, 0.15) is 68.1 Å². The number of pyridine rings is 1. The molecule has 1 N–H and O–H groups in total. The van der Waals surface area contributed by atoms with Gasteiger partial charge in [0.05, 0.1) is 24.8 Å². The molecule has 2 aromatic rings. The summed E-state index contributed by atoms with van der Waals surface area (Å²) in [4.78, 5) is 50.6. The number of likely N-dealkylation sites (tertiary alicyclic amines) is 1. The fourth-order valence-corrected chi connectivity index (χ4v) is 6.58. The van der Waals surface area contributed by atoms with Crippen LogP contribution in [-0.2, 0) is 27.0 Å². The van der Waals surface area contributed by atoms with E-state index in [0.29, 0.717) is 57.7 Å². The molecular weight excluding hydrogens is 627 g/mol. The third-order valence-corrected chi connectivity index (χ3v) is 9.07. The first-order valence-corrected chi connectivity index (χ1v) is 16.7. The second-order valence-electron chi connectivity index (χ2n) is 14.2. The zero-order chi connectivity index (χ0) is 34.5. The molecule has 2 atom stereocenters. The highest BCUT2D eigenvalue weighted by atomic mass is 19.4. The van der Waals surface area contributed by atoms with Crippen LogP contribution in [-0.4, -0.2) is 102 Å². The van der Waals surface area contributed by atoms with Crippen LogP contribution in [0.3, 0.4) is 0 Å². The van der Waals surface area contributed by atoms with Gasteiger partial charge in [0.2, 0.25) is 17.7 Å². The number of hydrogen-bond acceptors (Lipinski definition) is 7. The summed E-state index contributed by atoms with van der Waals surface area (Å²) >= 11 is 0. The van der Waals surface area contributed by atoms with Crippen molar-refractivity contribution in [2.45, 2.75) is 71.3 Å². The van der Waals surface area contributed by atoms with Gasteiger partial charge in [-0.1, -0.05) is 39.0 Å². The van der Waals surface area contributed by atoms with Crippen molar-refractivity contribution in [1.82, 2.24) is 25.0 Å². The van der Waals surface area contributed by atoms with Crippen molar-refractivity contribution in [2.24, 2.45) is 11.3 Å². The van der Waals surface area contributed by atoms with Gasteiger partial charge in [0.25, 0.3) is 5.91 Å². The third-order valence-electron chi connectivity index (χ3n) is 9.07. The molecule has 0 aliphatic carbocycles. The minimum Gasteiger partial charge on any atom is -0.475 e. The third kappa shape index (κ3) is 9.68. The number of rotatable bonds is 3. The van der Waals surface area contributed by atoms with Crippen LogP contribution >= 0.6 is 0 Å². The Morgan fingerprint density at radius 3 is 2.38 bits per heavy atom. The quantitative estimate of drug-likeness (QED) is 0.483. The number of carbonyl (C=O) groups is 3. The number of benzene rings is 1. The number of piperidine rings is 1. The number of fused-ring (bicyclic) bond motifs is 10. The Kier molecular flexibility index (Phi) is 11.3. The highest BCUT2D eigenvalue weighted by Crippen LogP contribution is 2.31. The van der Waals surface area contributed by atoms with Crippen molar-refractivity contribution >= 4 is 17.7 Å². The predicted octanol–water partition coefficient (Wildman–Crippen LogP) is 4.39. The molecular formula is C35H46F3N5O5. The molecule has 0 saturated carbocycles. The minimum atomic E-state index is -4.44. The molecule has 5 heterocycles. The molecule has 1 aromatic heterocycles. The fourth-order valence-electron chi connectivity index (χ4n) is 6.58. The number of ether oxygens (including phenoxy) is 2. The minimum absolute atomic E-state index is 0.0643. The lowest BCUT2D eigenvalue weighted by molar-refractivity contribution is -0.139. The van der Waals surface area contributed by atoms with Gasteiger partial charge in [-0.2, -0.15) is 13.2 Å². The van der Waals surface area contributed by atoms with Gasteiger partial charge in [0.15, 0.2) is 0 Å². The first kappa shape index (κ1) is 35.6. The van der Waals surface area contributed by atoms with Crippen LogP contribution < -0.4 is 10.1 Å². The topological polar surface area (TPSA) is 104 Å². The second kappa shape index (κ2) is 15.2. The number of nitrogens with one attached hydrogen (secondary N) is 1. The number of halogens is 3. The zero-order valence-corrected chi connectivity index (χ0v) is 27.9. The number of aromatic nitrogens is 1. The highest BCUT2D eigenvalue weighted by Gasteiger charge is 2.41. The maximum Gasteiger partial charge on any atom is 0.416 e. The zero-order valence-electron chi connectivity index (χ0n) is 27.9. The lowest BCUT2D eigenvalue weighted by atomic mass is 9.90. The summed E-state index contributed by atoms with van der Waals surface area (Å²) in [5.74, 6) is 0.105. The molecule has 48 heavy (non-hydrogen) atoms. The molecule has 2 saturated heterocycles. The van der Waals surface area contributed by atoms with E-state index in [1.54, 1.807) is 18.2 Å². The predicted molar refractivity (Wildman–Crippen MR) is 172 cm³/mol. The average Bonchev–Trinajstić information content (AvgIpc) is 3.42. The summed E-state index contributed by atoms with van der Waals surface area (Å²) in [5.41, 5.74) is -0.0850. The molecule has 6 bridgehead atoms. The van der Waals surface area contributed by atoms with Crippen molar-refractivity contribution in [2.75, 3.05) is 52.5 Å². The monoisotopic (exact) mass is 673 g/mol.